The van der Waals surface area contributed by atoms with Gasteiger partial charge >= 0.3 is 0 Å². The lowest BCUT2D eigenvalue weighted by Crippen LogP contribution is -2.58. The van der Waals surface area contributed by atoms with Crippen LogP contribution in [-0.4, -0.2) is 70.3 Å². The fourth-order valence-corrected chi connectivity index (χ4v) is 3.92. The summed E-state index contributed by atoms with van der Waals surface area (Å²) in [6.07, 6.45) is 7.72. The average Bonchev–Trinajstić information content (AvgIpc) is 3.12. The number of piperidine rings is 1. The van der Waals surface area contributed by atoms with Crippen molar-refractivity contribution in [3.8, 4) is 0 Å². The van der Waals surface area contributed by atoms with E-state index < -0.39 is 6.04 Å². The minimum absolute atomic E-state index is 0.0630. The van der Waals surface area contributed by atoms with E-state index in [9.17, 15) is 9.59 Å². The summed E-state index contributed by atoms with van der Waals surface area (Å²) in [4.78, 5) is 36.5. The van der Waals surface area contributed by atoms with Crippen molar-refractivity contribution in [1.29, 1.82) is 0 Å². The smallest absolute Gasteiger partial charge is 0.243 e. The van der Waals surface area contributed by atoms with Gasteiger partial charge in [0.15, 0.2) is 0 Å². The molecule has 2 saturated heterocycles. The number of aromatic nitrogens is 2. The van der Waals surface area contributed by atoms with Crippen LogP contribution < -0.4 is 5.32 Å². The first-order valence-electron chi connectivity index (χ1n) is 9.44. The Hall–Kier alpha value is -1.89. The summed E-state index contributed by atoms with van der Waals surface area (Å²) in [5.74, 6) is 0.499. The predicted octanol–water partition coefficient (Wildman–Crippen LogP) is 0.791. The van der Waals surface area contributed by atoms with Crippen molar-refractivity contribution in [3.05, 3.63) is 18.2 Å². The normalized spacial score (nSPS) is 22.8. The van der Waals surface area contributed by atoms with E-state index in [4.69, 9.17) is 0 Å². The number of imidazole rings is 1. The van der Waals surface area contributed by atoms with Crippen molar-refractivity contribution in [3.63, 3.8) is 0 Å². The van der Waals surface area contributed by atoms with Crippen LogP contribution in [0.3, 0.4) is 0 Å². The molecule has 1 aromatic rings. The molecule has 7 nitrogen and oxygen atoms in total. The number of aromatic amines is 1. The maximum Gasteiger partial charge on any atom is 0.243 e. The molecule has 1 unspecified atom stereocenters. The van der Waals surface area contributed by atoms with Gasteiger partial charge in [-0.15, -0.1) is 0 Å². The molecule has 2 aliphatic heterocycles. The summed E-state index contributed by atoms with van der Waals surface area (Å²) in [6.45, 7) is 6.67. The van der Waals surface area contributed by atoms with E-state index in [1.54, 1.807) is 17.4 Å². The molecule has 2 aliphatic rings. The molecule has 3 rings (SSSR count). The highest BCUT2D eigenvalue weighted by atomic mass is 16.2. The predicted molar refractivity (Wildman–Crippen MR) is 94.9 cm³/mol. The molecule has 2 amide bonds. The maximum atomic E-state index is 12.9. The molecule has 0 aromatic carbocycles. The first-order chi connectivity index (χ1) is 12.2. The zero-order valence-corrected chi connectivity index (χ0v) is 15.0. The first kappa shape index (κ1) is 17.9. The van der Waals surface area contributed by atoms with Crippen molar-refractivity contribution in [2.24, 2.45) is 5.92 Å². The van der Waals surface area contributed by atoms with Gasteiger partial charge in [0, 0.05) is 37.8 Å². The highest BCUT2D eigenvalue weighted by molar-refractivity contribution is 5.89. The van der Waals surface area contributed by atoms with Crippen LogP contribution in [0.4, 0.5) is 0 Å². The maximum absolute atomic E-state index is 12.9. The first-order valence-corrected chi connectivity index (χ1v) is 9.44. The van der Waals surface area contributed by atoms with Gasteiger partial charge in [0.1, 0.15) is 6.04 Å². The van der Waals surface area contributed by atoms with Crippen LogP contribution >= 0.6 is 0 Å². The number of carbonyl (C=O) groups is 2. The third-order valence-electron chi connectivity index (χ3n) is 5.33. The number of nitrogens with zero attached hydrogens (tertiary/aromatic N) is 3. The molecule has 1 aromatic heterocycles. The van der Waals surface area contributed by atoms with Gasteiger partial charge in [-0.2, -0.15) is 0 Å². The second kappa shape index (κ2) is 8.47. The summed E-state index contributed by atoms with van der Waals surface area (Å²) in [5.41, 5.74) is 0.882. The highest BCUT2D eigenvalue weighted by Crippen LogP contribution is 2.23. The molecule has 2 fully saturated rings. The fourth-order valence-electron chi connectivity index (χ4n) is 3.92. The van der Waals surface area contributed by atoms with Crippen LogP contribution in [0, 0.1) is 5.92 Å². The molecule has 0 spiro atoms. The van der Waals surface area contributed by atoms with E-state index >= 15 is 0 Å². The lowest BCUT2D eigenvalue weighted by Gasteiger charge is -2.37. The van der Waals surface area contributed by atoms with Crippen molar-refractivity contribution in [1.82, 2.24) is 25.1 Å². The average molecular weight is 347 g/mol. The molecule has 0 aliphatic carbocycles. The topological polar surface area (TPSA) is 81.3 Å². The summed E-state index contributed by atoms with van der Waals surface area (Å²) in [6, 6.07) is -0.429. The van der Waals surface area contributed by atoms with Gasteiger partial charge in [0.05, 0.1) is 6.33 Å². The third-order valence-corrected chi connectivity index (χ3v) is 5.33. The second-order valence-corrected chi connectivity index (χ2v) is 7.16. The molecule has 3 heterocycles. The van der Waals surface area contributed by atoms with E-state index in [1.165, 1.54) is 6.42 Å². The van der Waals surface area contributed by atoms with Crippen molar-refractivity contribution < 1.29 is 9.59 Å². The quantitative estimate of drug-likeness (QED) is 0.797. The number of carbonyl (C=O) groups excluding carboxylic acids is 2. The van der Waals surface area contributed by atoms with Crippen LogP contribution in [0.1, 0.15) is 38.3 Å². The number of hydrogen-bond acceptors (Lipinski definition) is 4. The number of nitrogens with one attached hydrogen (secondary N) is 2. The monoisotopic (exact) mass is 347 g/mol. The summed E-state index contributed by atoms with van der Waals surface area (Å²) in [7, 11) is 0. The van der Waals surface area contributed by atoms with Crippen molar-refractivity contribution >= 4 is 11.8 Å². The molecule has 0 radical (unpaired) electrons. The van der Waals surface area contributed by atoms with Crippen molar-refractivity contribution in [2.45, 2.75) is 45.1 Å². The number of amides is 2. The Labute approximate surface area is 149 Å². The van der Waals surface area contributed by atoms with Gasteiger partial charge in [-0.1, -0.05) is 6.92 Å². The Morgan fingerprint density at radius 3 is 2.80 bits per heavy atom. The van der Waals surface area contributed by atoms with Gasteiger partial charge in [-0.25, -0.2) is 4.98 Å². The molecule has 2 N–H and O–H groups in total. The standard InChI is InChI=1S/C18H29N5O2/c1-2-6-22-7-3-14(4-8-22)10-17(24)23-9-5-20-18(25)16(23)11-15-12-19-13-21-15/h12-14,16H,2-11H2,1H3,(H,19,21)(H,20,25). The summed E-state index contributed by atoms with van der Waals surface area (Å²) < 4.78 is 0. The minimum atomic E-state index is -0.429. The molecule has 7 heteroatoms. The molecule has 138 valence electrons. The molecule has 25 heavy (non-hydrogen) atoms. The zero-order valence-electron chi connectivity index (χ0n) is 15.0. The van der Waals surface area contributed by atoms with Crippen LogP contribution in [0.15, 0.2) is 12.5 Å². The van der Waals surface area contributed by atoms with E-state index in [1.807, 2.05) is 0 Å². The summed E-state index contributed by atoms with van der Waals surface area (Å²) in [5, 5.41) is 2.88. The highest BCUT2D eigenvalue weighted by Gasteiger charge is 2.34. The van der Waals surface area contributed by atoms with E-state index in [0.717, 1.165) is 38.2 Å². The minimum Gasteiger partial charge on any atom is -0.353 e. The fraction of sp³-hybridized carbons (Fsp3) is 0.722. The van der Waals surface area contributed by atoms with E-state index in [2.05, 4.69) is 27.1 Å². The Bertz CT molecular complexity index is 566. The van der Waals surface area contributed by atoms with Gasteiger partial charge in [0.25, 0.3) is 0 Å². The van der Waals surface area contributed by atoms with Crippen LogP contribution in [0.5, 0.6) is 0 Å². The Morgan fingerprint density at radius 1 is 1.32 bits per heavy atom. The number of piperazine rings is 1. The van der Waals surface area contributed by atoms with Gasteiger partial charge in [-0.3, -0.25) is 9.59 Å². The Balaban J connectivity index is 1.56. The Morgan fingerprint density at radius 2 is 2.12 bits per heavy atom. The Kier molecular flexibility index (Phi) is 6.07. The van der Waals surface area contributed by atoms with Gasteiger partial charge in [-0.05, 0) is 44.8 Å². The van der Waals surface area contributed by atoms with Crippen LogP contribution in [-0.2, 0) is 16.0 Å². The van der Waals surface area contributed by atoms with E-state index in [0.29, 0.717) is 31.8 Å². The SMILES string of the molecule is CCCN1CCC(CC(=O)N2CCNC(=O)C2Cc2cnc[nH]2)CC1. The van der Waals surface area contributed by atoms with Crippen LogP contribution in [0.2, 0.25) is 0 Å². The van der Waals surface area contributed by atoms with Gasteiger partial charge in [0.2, 0.25) is 11.8 Å². The van der Waals surface area contributed by atoms with Crippen LogP contribution in [0.25, 0.3) is 0 Å². The largest absolute Gasteiger partial charge is 0.353 e. The number of rotatable bonds is 6. The lowest BCUT2D eigenvalue weighted by molar-refractivity contribution is -0.144. The van der Waals surface area contributed by atoms with E-state index in [-0.39, 0.29) is 11.8 Å². The molecular formula is C18H29N5O2. The van der Waals surface area contributed by atoms with Gasteiger partial charge < -0.3 is 20.1 Å². The zero-order chi connectivity index (χ0) is 17.6. The molecular weight excluding hydrogens is 318 g/mol. The molecule has 1 atom stereocenters. The second-order valence-electron chi connectivity index (χ2n) is 7.16. The summed E-state index contributed by atoms with van der Waals surface area (Å²) >= 11 is 0. The number of likely N-dealkylation sites (tertiary alicyclic amines) is 1. The molecule has 0 saturated carbocycles. The third kappa shape index (κ3) is 4.60. The number of H-pyrrole nitrogens is 1. The lowest BCUT2D eigenvalue weighted by atomic mass is 9.92. The molecule has 0 bridgehead atoms. The number of hydrogen-bond donors (Lipinski definition) is 2. The van der Waals surface area contributed by atoms with Crippen molar-refractivity contribution in [2.75, 3.05) is 32.7 Å².